The quantitative estimate of drug-likeness (QED) is 0.0768. The number of hydrogen-bond donors (Lipinski definition) is 0. The zero-order valence-electron chi connectivity index (χ0n) is 61.2. The monoisotopic (exact) mass is 1770 g/mol. The van der Waals surface area contributed by atoms with E-state index in [-0.39, 0.29) is 140 Å². The van der Waals surface area contributed by atoms with Crippen LogP contribution in [0.5, 0.6) is 0 Å². The van der Waals surface area contributed by atoms with Crippen molar-refractivity contribution in [3.63, 3.8) is 0 Å². The standard InChI is InChI=1S/C14H10ClF5N4O.2C14H13F5N4O.2C14H11F5N4O/c15-9-1-2-11-21-13(14(18,19)20)8(24(11)22-9)6-23-5-7(3-10(16)17)4-12(23)25;4*15-10(16)4-8-5-12(24)22(6-8)7-9-13(14(17,18)19)21-11-2-1-3-20-23(9)11/h1-3,7H,4-6H2;2*1-3,8,10H,4-7H2;2*1-4,8H,5-7H2. The third-order valence-electron chi connectivity index (χ3n) is 19.0. The van der Waals surface area contributed by atoms with Crippen molar-refractivity contribution < 1.29 is 134 Å². The molecule has 0 radical (unpaired) electrons. The van der Waals surface area contributed by atoms with Gasteiger partial charge in [0.05, 0.1) is 61.2 Å². The van der Waals surface area contributed by atoms with E-state index in [2.05, 4.69) is 50.4 Å². The number of amides is 5. The highest BCUT2D eigenvalue weighted by atomic mass is 35.5. The van der Waals surface area contributed by atoms with Crippen molar-refractivity contribution in [2.45, 2.75) is 121 Å². The molecule has 25 nitrogen and oxygen atoms in total. The van der Waals surface area contributed by atoms with E-state index in [1.165, 1.54) is 85.5 Å². The molecule has 650 valence electrons. The first-order valence-electron chi connectivity index (χ1n) is 35.4. The van der Waals surface area contributed by atoms with Gasteiger partial charge >= 0.3 is 30.9 Å². The van der Waals surface area contributed by atoms with Gasteiger partial charge in [-0.25, -0.2) is 65.1 Å². The van der Waals surface area contributed by atoms with E-state index >= 15 is 0 Å². The van der Waals surface area contributed by atoms with Gasteiger partial charge in [0.15, 0.2) is 56.7 Å². The minimum absolute atomic E-state index is 0.000533. The fourth-order valence-electron chi connectivity index (χ4n) is 14.0. The van der Waals surface area contributed by atoms with Crippen LogP contribution < -0.4 is 0 Å². The maximum atomic E-state index is 13.3. The first kappa shape index (κ1) is 90.0. The van der Waals surface area contributed by atoms with Gasteiger partial charge in [-0.3, -0.25) is 24.0 Å². The lowest BCUT2D eigenvalue weighted by Gasteiger charge is -2.17. The molecule has 5 saturated heterocycles. The maximum Gasteiger partial charge on any atom is 0.435 e. The van der Waals surface area contributed by atoms with Gasteiger partial charge < -0.3 is 24.5 Å². The van der Waals surface area contributed by atoms with Gasteiger partial charge in [0, 0.05) is 120 Å². The summed E-state index contributed by atoms with van der Waals surface area (Å²) in [5.41, 5.74) is -7.27. The Morgan fingerprint density at radius 2 is 0.579 bits per heavy atom. The molecule has 5 aliphatic rings. The van der Waals surface area contributed by atoms with Crippen LogP contribution in [0.15, 0.2) is 122 Å². The van der Waals surface area contributed by atoms with Crippen molar-refractivity contribution >= 4 is 69.4 Å². The number of carbonyl (C=O) groups excluding carboxylic acids is 5. The molecule has 0 aromatic carbocycles. The van der Waals surface area contributed by atoms with E-state index in [9.17, 15) is 134 Å². The molecule has 5 unspecified atom stereocenters. The topological polar surface area (TPSA) is 252 Å². The van der Waals surface area contributed by atoms with Crippen LogP contribution in [0.2, 0.25) is 5.15 Å². The number of nitrogens with zero attached hydrogens (tertiary/aromatic N) is 20. The molecule has 5 aliphatic heterocycles. The van der Waals surface area contributed by atoms with Crippen molar-refractivity contribution in [3.05, 3.63) is 184 Å². The summed E-state index contributed by atoms with van der Waals surface area (Å²) in [7, 11) is 0. The SMILES string of the molecule is O=C1CC(C=C(F)F)CN1Cc1c(C(F)(F)F)nc2ccc(Cl)nn12.O=C1CC(C=C(F)F)CN1Cc1c(C(F)(F)F)nc2cccnn12.O=C1CC(C=C(F)F)CN1Cc1c(C(F)(F)F)nc2cccnn12.O=C1CC(CC(F)F)CN1Cc1c(C(F)(F)F)nc2cccnn12.O=C1CC(CC(F)F)CN1Cc1c(C(F)(F)F)nc2cccnn12. The molecule has 5 atom stereocenters. The van der Waals surface area contributed by atoms with Crippen LogP contribution >= 0.6 is 11.6 Å². The molecule has 5 fully saturated rings. The number of imidazole rings is 5. The molecule has 121 heavy (non-hydrogen) atoms. The first-order valence-corrected chi connectivity index (χ1v) is 35.8. The van der Waals surface area contributed by atoms with Crippen LogP contribution in [0.25, 0.3) is 28.2 Å². The fourth-order valence-corrected chi connectivity index (χ4v) is 14.2. The van der Waals surface area contributed by atoms with Crippen LogP contribution in [0, 0.1) is 29.6 Å². The van der Waals surface area contributed by atoms with E-state index < -0.39 is 182 Å². The largest absolute Gasteiger partial charge is 0.435 e. The third-order valence-corrected chi connectivity index (χ3v) is 19.2. The van der Waals surface area contributed by atoms with Crippen LogP contribution in [-0.2, 0) is 87.6 Å². The molecule has 0 aliphatic carbocycles. The van der Waals surface area contributed by atoms with Crippen molar-refractivity contribution in [1.82, 2.24) is 97.5 Å². The predicted octanol–water partition coefficient (Wildman–Crippen LogP) is 14.8. The summed E-state index contributed by atoms with van der Waals surface area (Å²) < 4.78 is 327. The molecule has 0 bridgehead atoms. The van der Waals surface area contributed by atoms with Crippen LogP contribution in [0.3, 0.4) is 0 Å². The molecule has 5 amide bonds. The molecule has 0 N–H and O–H groups in total. The Morgan fingerprint density at radius 3 is 0.818 bits per heavy atom. The summed E-state index contributed by atoms with van der Waals surface area (Å²) in [5, 5.41) is 19.1. The number of carbonyl (C=O) groups is 5. The highest BCUT2D eigenvalue weighted by molar-refractivity contribution is 6.29. The molecule has 10 aromatic heterocycles. The summed E-state index contributed by atoms with van der Waals surface area (Å²) in [6.07, 6.45) is -28.9. The van der Waals surface area contributed by atoms with Gasteiger partial charge in [-0.15, -0.1) is 0 Å². The molecule has 15 rings (SSSR count). The molecule has 10 aromatic rings. The lowest BCUT2D eigenvalue weighted by Crippen LogP contribution is -2.27. The normalized spacial score (nSPS) is 18.6. The maximum absolute atomic E-state index is 13.3. The summed E-state index contributed by atoms with van der Waals surface area (Å²) >= 11 is 5.73. The smallest absolute Gasteiger partial charge is 0.336 e. The van der Waals surface area contributed by atoms with Gasteiger partial charge in [0.2, 0.25) is 42.4 Å². The summed E-state index contributed by atoms with van der Waals surface area (Å²) in [6.45, 7) is -2.25. The lowest BCUT2D eigenvalue weighted by molar-refractivity contribution is -0.143. The highest BCUT2D eigenvalue weighted by Gasteiger charge is 2.46. The number of likely N-dealkylation sites (tertiary alicyclic amines) is 5. The Kier molecular flexibility index (Phi) is 27.0. The van der Waals surface area contributed by atoms with E-state index in [1.54, 1.807) is 0 Å². The minimum Gasteiger partial charge on any atom is -0.336 e. The molecule has 0 saturated carbocycles. The van der Waals surface area contributed by atoms with Gasteiger partial charge in [-0.2, -0.15) is 118 Å². The minimum atomic E-state index is -4.76. The fraction of sp³-hybridized carbons (Fsp3) is 0.414. The van der Waals surface area contributed by atoms with Gasteiger partial charge in [0.1, 0.15) is 5.15 Å². The summed E-state index contributed by atoms with van der Waals surface area (Å²) in [6, 6.07) is 13.8. The Morgan fingerprint density at radius 1 is 0.347 bits per heavy atom. The number of halogens is 26. The van der Waals surface area contributed by atoms with Crippen molar-refractivity contribution in [1.29, 1.82) is 0 Å². The Balaban J connectivity index is 0.000000148. The van der Waals surface area contributed by atoms with E-state index in [1.807, 2.05) is 0 Å². The zero-order valence-corrected chi connectivity index (χ0v) is 61.9. The second-order valence-electron chi connectivity index (χ2n) is 27.7. The summed E-state index contributed by atoms with van der Waals surface area (Å²) in [5.74, 6) is -5.69. The van der Waals surface area contributed by atoms with E-state index in [4.69, 9.17) is 11.6 Å². The molecule has 51 heteroatoms. The number of rotatable bonds is 17. The van der Waals surface area contributed by atoms with Crippen molar-refractivity contribution in [2.24, 2.45) is 29.6 Å². The lowest BCUT2D eigenvalue weighted by atomic mass is 10.1. The van der Waals surface area contributed by atoms with Crippen LogP contribution in [-0.4, -0.2) is 173 Å². The summed E-state index contributed by atoms with van der Waals surface area (Å²) in [4.78, 5) is 82.9. The van der Waals surface area contributed by atoms with Crippen LogP contribution in [0.1, 0.15) is 102 Å². The van der Waals surface area contributed by atoms with Gasteiger partial charge in [0.25, 0.3) is 18.2 Å². The van der Waals surface area contributed by atoms with E-state index in [0.29, 0.717) is 18.2 Å². The average molecular weight is 1770 g/mol. The number of fused-ring (bicyclic) bond motifs is 5. The number of hydrogen-bond acceptors (Lipinski definition) is 15. The third kappa shape index (κ3) is 22.1. The average Bonchev–Trinajstić information content (AvgIpc) is 1.65. The second-order valence-corrected chi connectivity index (χ2v) is 28.0. The number of alkyl halides is 19. The Hall–Kier alpha value is -11.8. The Labute approximate surface area is 666 Å². The molecular weight excluding hydrogens is 1710 g/mol. The van der Waals surface area contributed by atoms with Crippen molar-refractivity contribution in [2.75, 3.05) is 32.7 Å². The first-order chi connectivity index (χ1) is 56.7. The Bertz CT molecular complexity index is 5280. The second kappa shape index (κ2) is 36.3. The van der Waals surface area contributed by atoms with Gasteiger partial charge in [-0.1, -0.05) is 11.6 Å². The zero-order chi connectivity index (χ0) is 88.3. The predicted molar refractivity (Wildman–Crippen MR) is 365 cm³/mol. The molecular formula is C70H58ClF25N20O5. The number of aromatic nitrogens is 15. The molecule has 15 heterocycles. The molecule has 0 spiro atoms. The van der Waals surface area contributed by atoms with Crippen LogP contribution in [0.4, 0.5) is 110 Å². The van der Waals surface area contributed by atoms with Crippen molar-refractivity contribution in [3.8, 4) is 0 Å². The van der Waals surface area contributed by atoms with Gasteiger partial charge in [-0.05, 0) is 90.7 Å². The van der Waals surface area contributed by atoms with E-state index in [0.717, 1.165) is 47.1 Å². The highest BCUT2D eigenvalue weighted by Crippen LogP contribution is 2.40.